The molecule has 0 aliphatic carbocycles. The average Bonchev–Trinajstić information content (AvgIpc) is 3.09. The van der Waals surface area contributed by atoms with E-state index in [1.54, 1.807) is 24.3 Å². The molecule has 0 saturated carbocycles. The third-order valence-electron chi connectivity index (χ3n) is 4.31. The van der Waals surface area contributed by atoms with E-state index in [2.05, 4.69) is 27.7 Å². The van der Waals surface area contributed by atoms with Gasteiger partial charge in [-0.1, -0.05) is 37.2 Å². The number of H-pyrrole nitrogens is 1. The molecule has 1 aliphatic heterocycles. The Bertz CT molecular complexity index is 1060. The minimum absolute atomic E-state index is 0.135. The summed E-state index contributed by atoms with van der Waals surface area (Å²) in [5.41, 5.74) is 2.83. The van der Waals surface area contributed by atoms with Crippen LogP contribution >= 0.6 is 11.8 Å². The molecule has 0 bridgehead atoms. The van der Waals surface area contributed by atoms with Crippen LogP contribution in [0.1, 0.15) is 41.4 Å². The predicted octanol–water partition coefficient (Wildman–Crippen LogP) is 4.11. The highest BCUT2D eigenvalue weighted by Crippen LogP contribution is 2.40. The van der Waals surface area contributed by atoms with Crippen LogP contribution in [0.15, 0.2) is 57.4 Å². The summed E-state index contributed by atoms with van der Waals surface area (Å²) < 4.78 is 13.8. The molecule has 142 valence electrons. The third kappa shape index (κ3) is 3.68. The number of nitrogens with zero attached hydrogens (tertiary/aromatic N) is 3. The first kappa shape index (κ1) is 18.4. The molecule has 0 saturated heterocycles. The molecule has 2 aromatic carbocycles. The van der Waals surface area contributed by atoms with E-state index in [4.69, 9.17) is 4.99 Å². The summed E-state index contributed by atoms with van der Waals surface area (Å²) in [6.45, 7) is 2.71. The number of halogens is 1. The van der Waals surface area contributed by atoms with Crippen molar-refractivity contribution < 1.29 is 9.18 Å². The van der Waals surface area contributed by atoms with Crippen molar-refractivity contribution >= 4 is 29.1 Å². The van der Waals surface area contributed by atoms with E-state index in [1.807, 2.05) is 6.07 Å². The number of hydrogen-bond donors (Lipinski definition) is 2. The second-order valence-electron chi connectivity index (χ2n) is 6.34. The fourth-order valence-electron chi connectivity index (χ4n) is 2.87. The summed E-state index contributed by atoms with van der Waals surface area (Å²) in [5, 5.41) is 14.6. The van der Waals surface area contributed by atoms with Gasteiger partial charge in [-0.15, -0.1) is 5.10 Å². The van der Waals surface area contributed by atoms with Crippen molar-refractivity contribution in [2.24, 2.45) is 4.99 Å². The number of carbonyl (C=O) groups is 1. The van der Waals surface area contributed by atoms with Gasteiger partial charge in [0, 0.05) is 22.6 Å². The van der Waals surface area contributed by atoms with Crippen LogP contribution in [0, 0.1) is 5.82 Å². The Balaban J connectivity index is 1.76. The first-order chi connectivity index (χ1) is 13.7. The van der Waals surface area contributed by atoms with Crippen LogP contribution < -0.4 is 5.32 Å². The van der Waals surface area contributed by atoms with Crippen LogP contribution in [0.2, 0.25) is 0 Å². The van der Waals surface area contributed by atoms with Gasteiger partial charge in [-0.25, -0.2) is 9.38 Å². The molecule has 8 heteroatoms. The van der Waals surface area contributed by atoms with Crippen LogP contribution in [0.4, 0.5) is 10.1 Å². The quantitative estimate of drug-likeness (QED) is 0.498. The number of aliphatic imine (C=N–C) groups is 1. The van der Waals surface area contributed by atoms with Crippen LogP contribution in [0.25, 0.3) is 0 Å². The number of rotatable bonds is 5. The standard InChI is InChI=1S/C20H18FN5OS/c1-2-3-9-22-19(27)13-7-8-16-15(11-13)23-17(12-5-4-6-14(21)10-12)18-20(28-16)25-26-24-18/h4-8,10-11H,2-3,9H2,1H3,(H,22,27)(H,24,25,26). The average molecular weight is 395 g/mol. The minimum atomic E-state index is -0.355. The highest BCUT2D eigenvalue weighted by molar-refractivity contribution is 7.99. The Kier molecular flexibility index (Phi) is 5.21. The summed E-state index contributed by atoms with van der Waals surface area (Å²) in [5.74, 6) is -0.490. The van der Waals surface area contributed by atoms with E-state index in [1.165, 1.54) is 23.9 Å². The maximum absolute atomic E-state index is 13.8. The van der Waals surface area contributed by atoms with Crippen molar-refractivity contribution in [2.45, 2.75) is 29.7 Å². The van der Waals surface area contributed by atoms with Gasteiger partial charge in [0.2, 0.25) is 0 Å². The molecular formula is C20H18FN5OS. The molecular weight excluding hydrogens is 377 g/mol. The number of amides is 1. The van der Waals surface area contributed by atoms with E-state index in [0.29, 0.717) is 39.8 Å². The summed E-state index contributed by atoms with van der Waals surface area (Å²) in [4.78, 5) is 18.0. The normalized spacial score (nSPS) is 12.6. The maximum Gasteiger partial charge on any atom is 0.251 e. The summed E-state index contributed by atoms with van der Waals surface area (Å²) in [6, 6.07) is 11.6. The Morgan fingerprint density at radius 2 is 2.11 bits per heavy atom. The van der Waals surface area contributed by atoms with E-state index >= 15 is 0 Å². The number of fused-ring (bicyclic) bond motifs is 2. The van der Waals surface area contributed by atoms with Crippen LogP contribution in [-0.2, 0) is 0 Å². The molecule has 0 spiro atoms. The summed E-state index contributed by atoms with van der Waals surface area (Å²) in [7, 11) is 0. The highest BCUT2D eigenvalue weighted by Gasteiger charge is 2.23. The van der Waals surface area contributed by atoms with E-state index < -0.39 is 0 Å². The zero-order valence-electron chi connectivity index (χ0n) is 15.2. The molecule has 0 radical (unpaired) electrons. The van der Waals surface area contributed by atoms with Crippen molar-refractivity contribution in [3.05, 3.63) is 65.1 Å². The molecule has 1 amide bonds. The lowest BCUT2D eigenvalue weighted by atomic mass is 10.1. The fourth-order valence-corrected chi connectivity index (χ4v) is 3.75. The number of aromatic nitrogens is 3. The van der Waals surface area contributed by atoms with Gasteiger partial charge in [0.15, 0.2) is 5.03 Å². The first-order valence-corrected chi connectivity index (χ1v) is 9.83. The highest BCUT2D eigenvalue weighted by atomic mass is 32.2. The molecule has 2 N–H and O–H groups in total. The molecule has 3 aromatic rings. The Morgan fingerprint density at radius 1 is 1.21 bits per heavy atom. The van der Waals surface area contributed by atoms with Crippen LogP contribution in [0.3, 0.4) is 0 Å². The number of nitrogens with one attached hydrogen (secondary N) is 2. The Hall–Kier alpha value is -3.00. The molecule has 1 aromatic heterocycles. The molecule has 0 fully saturated rings. The number of benzene rings is 2. The van der Waals surface area contributed by atoms with E-state index in [-0.39, 0.29) is 11.7 Å². The third-order valence-corrected chi connectivity index (χ3v) is 5.36. The minimum Gasteiger partial charge on any atom is -0.352 e. The molecule has 0 unspecified atom stereocenters. The van der Waals surface area contributed by atoms with Crippen molar-refractivity contribution in [3.8, 4) is 0 Å². The van der Waals surface area contributed by atoms with Crippen LogP contribution in [-0.4, -0.2) is 33.6 Å². The summed E-state index contributed by atoms with van der Waals surface area (Å²) >= 11 is 1.41. The van der Waals surface area contributed by atoms with Gasteiger partial charge in [0.25, 0.3) is 5.91 Å². The summed E-state index contributed by atoms with van der Waals surface area (Å²) in [6.07, 6.45) is 1.95. The lowest BCUT2D eigenvalue weighted by molar-refractivity contribution is 0.0953. The van der Waals surface area contributed by atoms with E-state index in [9.17, 15) is 9.18 Å². The monoisotopic (exact) mass is 395 g/mol. The number of unbranched alkanes of at least 4 members (excludes halogenated alkanes) is 1. The number of hydrogen-bond acceptors (Lipinski definition) is 5. The molecule has 1 aliphatic rings. The Labute approximate surface area is 165 Å². The lowest BCUT2D eigenvalue weighted by Gasteiger charge is -2.08. The van der Waals surface area contributed by atoms with Gasteiger partial charge in [0.05, 0.1) is 5.69 Å². The molecule has 2 heterocycles. The van der Waals surface area contributed by atoms with E-state index in [0.717, 1.165) is 17.7 Å². The van der Waals surface area contributed by atoms with Gasteiger partial charge in [-0.3, -0.25) is 4.79 Å². The van der Waals surface area contributed by atoms with Crippen molar-refractivity contribution in [1.82, 2.24) is 20.7 Å². The second-order valence-corrected chi connectivity index (χ2v) is 7.37. The molecule has 6 nitrogen and oxygen atoms in total. The fraction of sp³-hybridized carbons (Fsp3) is 0.200. The maximum atomic E-state index is 13.8. The largest absolute Gasteiger partial charge is 0.352 e. The van der Waals surface area contributed by atoms with Crippen molar-refractivity contribution in [2.75, 3.05) is 6.54 Å². The SMILES string of the molecule is CCCCNC(=O)c1ccc2c(c1)N=C(c1cccc(F)c1)c1n[nH]nc1S2. The predicted molar refractivity (Wildman–Crippen MR) is 106 cm³/mol. The van der Waals surface area contributed by atoms with Gasteiger partial charge in [0.1, 0.15) is 17.2 Å². The Morgan fingerprint density at radius 3 is 2.93 bits per heavy atom. The zero-order chi connectivity index (χ0) is 19.5. The lowest BCUT2D eigenvalue weighted by Crippen LogP contribution is -2.24. The molecule has 28 heavy (non-hydrogen) atoms. The van der Waals surface area contributed by atoms with Crippen molar-refractivity contribution in [3.63, 3.8) is 0 Å². The van der Waals surface area contributed by atoms with Gasteiger partial charge in [-0.2, -0.15) is 10.3 Å². The zero-order valence-corrected chi connectivity index (χ0v) is 16.0. The van der Waals surface area contributed by atoms with Gasteiger partial charge < -0.3 is 5.32 Å². The van der Waals surface area contributed by atoms with Crippen molar-refractivity contribution in [1.29, 1.82) is 0 Å². The van der Waals surface area contributed by atoms with Gasteiger partial charge >= 0.3 is 0 Å². The molecule has 4 rings (SSSR count). The van der Waals surface area contributed by atoms with Gasteiger partial charge in [-0.05, 0) is 36.8 Å². The first-order valence-electron chi connectivity index (χ1n) is 9.01. The smallest absolute Gasteiger partial charge is 0.251 e. The van der Waals surface area contributed by atoms with Crippen LogP contribution in [0.5, 0.6) is 0 Å². The topological polar surface area (TPSA) is 83.0 Å². The second kappa shape index (κ2) is 7.93. The number of carbonyl (C=O) groups excluding carboxylic acids is 1. The number of aromatic amines is 1. The molecule has 0 atom stereocenters.